The maximum atomic E-state index is 14.6. The van der Waals surface area contributed by atoms with Gasteiger partial charge < -0.3 is 10.2 Å². The number of carbonyl (C=O) groups is 2. The summed E-state index contributed by atoms with van der Waals surface area (Å²) in [6.45, 7) is -0.545. The molecule has 0 aliphatic heterocycles. The van der Waals surface area contributed by atoms with Crippen molar-refractivity contribution in [2.45, 2.75) is 62.0 Å². The van der Waals surface area contributed by atoms with Crippen LogP contribution in [0.2, 0.25) is 15.1 Å². The van der Waals surface area contributed by atoms with Crippen LogP contribution in [0.3, 0.4) is 0 Å². The molecule has 11 heteroatoms. The molecule has 1 atom stereocenters. The van der Waals surface area contributed by atoms with E-state index in [1.54, 1.807) is 42.5 Å². The highest BCUT2D eigenvalue weighted by Gasteiger charge is 2.35. The summed E-state index contributed by atoms with van der Waals surface area (Å²) in [5.41, 5.74) is 1.76. The maximum Gasteiger partial charge on any atom is 0.264 e. The fourth-order valence-electron chi connectivity index (χ4n) is 5.77. The van der Waals surface area contributed by atoms with E-state index in [4.69, 9.17) is 34.8 Å². The fraction of sp³-hybridized carbons (Fsp3) is 0.278. The Morgan fingerprint density at radius 3 is 2.04 bits per heavy atom. The van der Waals surface area contributed by atoms with Gasteiger partial charge >= 0.3 is 0 Å². The van der Waals surface area contributed by atoms with Gasteiger partial charge in [0.25, 0.3) is 10.0 Å². The number of carbonyl (C=O) groups excluding carboxylic acids is 2. The number of sulfonamides is 1. The van der Waals surface area contributed by atoms with Crippen LogP contribution in [0.5, 0.6) is 0 Å². The Kier molecular flexibility index (Phi) is 11.9. The molecule has 0 heterocycles. The number of amides is 2. The summed E-state index contributed by atoms with van der Waals surface area (Å²) in [6, 6.07) is 27.8. The predicted octanol–water partition coefficient (Wildman–Crippen LogP) is 7.93. The van der Waals surface area contributed by atoms with Gasteiger partial charge in [-0.1, -0.05) is 115 Å². The summed E-state index contributed by atoms with van der Waals surface area (Å²) < 4.78 is 29.3. The van der Waals surface area contributed by atoms with Gasteiger partial charge in [-0.2, -0.15) is 0 Å². The molecular formula is C36H36Cl3N3O4S. The molecule has 4 aromatic rings. The molecule has 4 aromatic carbocycles. The monoisotopic (exact) mass is 711 g/mol. The minimum atomic E-state index is -4.25. The maximum absolute atomic E-state index is 14.6. The van der Waals surface area contributed by atoms with Gasteiger partial charge in [0, 0.05) is 24.0 Å². The molecular weight excluding hydrogens is 677 g/mol. The zero-order chi connectivity index (χ0) is 33.4. The number of nitrogens with one attached hydrogen (secondary N) is 1. The predicted molar refractivity (Wildman–Crippen MR) is 188 cm³/mol. The number of benzene rings is 4. The first-order valence-corrected chi connectivity index (χ1v) is 18.1. The van der Waals surface area contributed by atoms with Crippen LogP contribution in [0, 0.1) is 0 Å². The molecule has 47 heavy (non-hydrogen) atoms. The highest BCUT2D eigenvalue weighted by atomic mass is 35.5. The average molecular weight is 713 g/mol. The van der Waals surface area contributed by atoms with Crippen LogP contribution in [0.25, 0.3) is 0 Å². The summed E-state index contributed by atoms with van der Waals surface area (Å²) in [7, 11) is -4.25. The van der Waals surface area contributed by atoms with Crippen molar-refractivity contribution in [1.29, 1.82) is 0 Å². The Labute approximate surface area is 291 Å². The Bertz CT molecular complexity index is 1770. The van der Waals surface area contributed by atoms with E-state index in [-0.39, 0.29) is 45.5 Å². The quantitative estimate of drug-likeness (QED) is 0.162. The first-order valence-electron chi connectivity index (χ1n) is 15.5. The minimum Gasteiger partial charge on any atom is -0.352 e. The van der Waals surface area contributed by atoms with Crippen LogP contribution >= 0.6 is 34.8 Å². The second kappa shape index (κ2) is 16.0. The van der Waals surface area contributed by atoms with Crippen molar-refractivity contribution in [2.75, 3.05) is 10.8 Å². The smallest absolute Gasteiger partial charge is 0.264 e. The second-order valence-electron chi connectivity index (χ2n) is 11.6. The first-order chi connectivity index (χ1) is 22.6. The van der Waals surface area contributed by atoms with E-state index < -0.39 is 28.5 Å². The van der Waals surface area contributed by atoms with E-state index >= 15 is 0 Å². The molecule has 7 nitrogen and oxygen atoms in total. The summed E-state index contributed by atoms with van der Waals surface area (Å²) in [5.74, 6) is -0.847. The normalized spacial score (nSPS) is 14.3. The molecule has 1 saturated carbocycles. The molecule has 0 bridgehead atoms. The van der Waals surface area contributed by atoms with Crippen molar-refractivity contribution in [3.8, 4) is 0 Å². The molecule has 2 amide bonds. The Balaban J connectivity index is 1.56. The summed E-state index contributed by atoms with van der Waals surface area (Å²) in [4.78, 5) is 30.3. The van der Waals surface area contributed by atoms with Crippen molar-refractivity contribution < 1.29 is 18.0 Å². The Hall–Kier alpha value is -3.56. The summed E-state index contributed by atoms with van der Waals surface area (Å²) >= 11 is 18.7. The largest absolute Gasteiger partial charge is 0.352 e. The van der Waals surface area contributed by atoms with Crippen LogP contribution in [-0.2, 0) is 32.6 Å². The molecule has 0 aromatic heterocycles. The lowest BCUT2D eigenvalue weighted by Crippen LogP contribution is -2.55. The molecule has 1 N–H and O–H groups in total. The van der Waals surface area contributed by atoms with Gasteiger partial charge in [-0.25, -0.2) is 8.42 Å². The van der Waals surface area contributed by atoms with Gasteiger partial charge in [-0.05, 0) is 66.4 Å². The minimum absolute atomic E-state index is 0.000925. The van der Waals surface area contributed by atoms with E-state index in [1.165, 1.54) is 35.2 Å². The number of nitrogens with zero attached hydrogens (tertiary/aromatic N) is 2. The topological polar surface area (TPSA) is 86.8 Å². The van der Waals surface area contributed by atoms with E-state index in [1.807, 2.05) is 30.3 Å². The number of hydrogen-bond donors (Lipinski definition) is 1. The Morgan fingerprint density at radius 2 is 1.40 bits per heavy atom. The highest BCUT2D eigenvalue weighted by molar-refractivity contribution is 7.92. The van der Waals surface area contributed by atoms with E-state index in [0.29, 0.717) is 5.02 Å². The standard InChI is InChI=1S/C36H36Cl3N3O4S/c37-28-18-16-27(17-19-28)24-41(34(22-26-10-4-1-5-11-26)36(44)40-29-12-6-2-7-13-29)35(43)25-42(30-20-21-32(38)33(39)23-30)47(45,46)31-14-8-3-9-15-31/h1,3-5,8-11,14-21,23,29,34H,2,6-7,12-13,22,24-25H2,(H,40,44)/t34-/m0/s1. The molecule has 1 fully saturated rings. The Morgan fingerprint density at radius 1 is 0.766 bits per heavy atom. The van der Waals surface area contributed by atoms with Crippen LogP contribution in [0.4, 0.5) is 5.69 Å². The second-order valence-corrected chi connectivity index (χ2v) is 14.7. The number of halogens is 3. The molecule has 0 spiro atoms. The lowest BCUT2D eigenvalue weighted by atomic mass is 9.94. The van der Waals surface area contributed by atoms with Crippen LogP contribution in [-0.4, -0.2) is 43.8 Å². The van der Waals surface area contributed by atoms with E-state index in [0.717, 1.165) is 47.5 Å². The van der Waals surface area contributed by atoms with Gasteiger partial charge in [-0.15, -0.1) is 0 Å². The number of anilines is 1. The third-order valence-electron chi connectivity index (χ3n) is 8.29. The lowest BCUT2D eigenvalue weighted by Gasteiger charge is -2.35. The number of rotatable bonds is 12. The third kappa shape index (κ3) is 9.08. The SMILES string of the molecule is O=C(NC1CCCCC1)[C@H](Cc1ccccc1)N(Cc1ccc(Cl)cc1)C(=O)CN(c1ccc(Cl)c(Cl)c1)S(=O)(=O)c1ccccc1. The molecule has 0 unspecified atom stereocenters. The zero-order valence-corrected chi connectivity index (χ0v) is 28.8. The zero-order valence-electron chi connectivity index (χ0n) is 25.7. The number of hydrogen-bond acceptors (Lipinski definition) is 4. The molecule has 1 aliphatic carbocycles. The molecule has 246 valence electrons. The third-order valence-corrected chi connectivity index (χ3v) is 11.1. The highest BCUT2D eigenvalue weighted by Crippen LogP contribution is 2.31. The van der Waals surface area contributed by atoms with Gasteiger partial charge in [-0.3, -0.25) is 13.9 Å². The lowest BCUT2D eigenvalue weighted by molar-refractivity contribution is -0.140. The van der Waals surface area contributed by atoms with E-state index in [9.17, 15) is 18.0 Å². The summed E-state index contributed by atoms with van der Waals surface area (Å²) in [5, 5.41) is 4.11. The molecule has 1 aliphatic rings. The van der Waals surface area contributed by atoms with Gasteiger partial charge in [0.15, 0.2) is 0 Å². The first kappa shape index (κ1) is 34.8. The van der Waals surface area contributed by atoms with Crippen molar-refractivity contribution in [2.24, 2.45) is 0 Å². The van der Waals surface area contributed by atoms with Gasteiger partial charge in [0.1, 0.15) is 12.6 Å². The van der Waals surface area contributed by atoms with Crippen molar-refractivity contribution in [1.82, 2.24) is 10.2 Å². The van der Waals surface area contributed by atoms with Crippen LogP contribution in [0.15, 0.2) is 108 Å². The molecule has 5 rings (SSSR count). The molecule has 0 saturated heterocycles. The average Bonchev–Trinajstić information content (AvgIpc) is 3.08. The van der Waals surface area contributed by atoms with Gasteiger partial charge in [0.2, 0.25) is 11.8 Å². The van der Waals surface area contributed by atoms with Crippen molar-refractivity contribution >= 4 is 62.3 Å². The fourth-order valence-corrected chi connectivity index (χ4v) is 7.62. The van der Waals surface area contributed by atoms with Gasteiger partial charge in [0.05, 0.1) is 20.6 Å². The van der Waals surface area contributed by atoms with Crippen molar-refractivity contribution in [3.05, 3.63) is 129 Å². The molecule has 0 radical (unpaired) electrons. The van der Waals surface area contributed by atoms with Crippen LogP contribution in [0.1, 0.15) is 43.2 Å². The van der Waals surface area contributed by atoms with Crippen LogP contribution < -0.4 is 9.62 Å². The van der Waals surface area contributed by atoms with E-state index in [2.05, 4.69) is 5.32 Å². The summed E-state index contributed by atoms with van der Waals surface area (Å²) in [6.07, 6.45) is 5.15. The van der Waals surface area contributed by atoms with Crippen molar-refractivity contribution in [3.63, 3.8) is 0 Å².